The molecular weight excluding hydrogens is 486 g/mol. The lowest BCUT2D eigenvalue weighted by Gasteiger charge is -2.36. The van der Waals surface area contributed by atoms with E-state index in [1.165, 1.54) is 13.8 Å². The molecule has 5 amide bonds. The van der Waals surface area contributed by atoms with Crippen molar-refractivity contribution < 1.29 is 39.3 Å². The number of hydrogen-bond acceptors (Lipinski definition) is 6. The third kappa shape index (κ3) is 9.34. The fraction of sp³-hybridized carbons (Fsp3) is 0.458. The Kier molecular flexibility index (Phi) is 10.9. The van der Waals surface area contributed by atoms with Gasteiger partial charge in [0.15, 0.2) is 0 Å². The van der Waals surface area contributed by atoms with Gasteiger partial charge in [-0.05, 0) is 24.6 Å². The molecule has 0 bridgehead atoms. The van der Waals surface area contributed by atoms with Gasteiger partial charge in [-0.15, -0.1) is 6.42 Å². The molecule has 1 fully saturated rings. The number of benzene rings is 1. The standard InChI is InChI=1S/C23H30N4O6.CH3NO2/c1-5-14-6-8-15(9-7-14)13(2)25-20(30)17-10-16(28)12-27(17)21(31)19(26-22(32)33)23(3,4)11-18(24)29;2-1(3)4/h1,6-9,13,16-17,19,26,28H,10-12H2,2-4H3,(H2,24,29)(H,25,30)(H,32,33);2H2,(H,3,4)/t13?,16-,17+,19?;/m1./s1. The lowest BCUT2D eigenvalue weighted by Crippen LogP contribution is -2.58. The largest absolute Gasteiger partial charge is 0.465 e. The highest BCUT2D eigenvalue weighted by atomic mass is 16.4. The van der Waals surface area contributed by atoms with Gasteiger partial charge in [-0.3, -0.25) is 14.4 Å². The molecule has 0 radical (unpaired) electrons. The second kappa shape index (κ2) is 13.1. The number of β-amino-alcohol motifs (C(OH)–C–C–N with tert-alkyl or cyclic N) is 1. The minimum Gasteiger partial charge on any atom is -0.465 e. The Morgan fingerprint density at radius 1 is 1.14 bits per heavy atom. The Morgan fingerprint density at radius 2 is 1.68 bits per heavy atom. The van der Waals surface area contributed by atoms with Gasteiger partial charge in [-0.2, -0.15) is 0 Å². The summed E-state index contributed by atoms with van der Waals surface area (Å²) in [7, 11) is 0. The van der Waals surface area contributed by atoms with Gasteiger partial charge in [0, 0.05) is 30.4 Å². The van der Waals surface area contributed by atoms with Gasteiger partial charge in [-0.1, -0.05) is 31.9 Å². The minimum absolute atomic E-state index is 0.00361. The van der Waals surface area contributed by atoms with Gasteiger partial charge < -0.3 is 42.3 Å². The number of carboxylic acid groups (broad SMARTS) is 2. The van der Waals surface area contributed by atoms with E-state index in [0.29, 0.717) is 5.56 Å². The molecule has 0 aromatic heterocycles. The highest BCUT2D eigenvalue weighted by molar-refractivity contribution is 5.93. The summed E-state index contributed by atoms with van der Waals surface area (Å²) in [5.74, 6) is 0.603. The summed E-state index contributed by atoms with van der Waals surface area (Å²) in [6.45, 7) is 4.68. The molecule has 13 nitrogen and oxygen atoms in total. The first-order valence-electron chi connectivity index (χ1n) is 11.2. The van der Waals surface area contributed by atoms with E-state index in [9.17, 15) is 29.4 Å². The smallest absolute Gasteiger partial charge is 0.405 e. The van der Waals surface area contributed by atoms with Crippen LogP contribution in [-0.2, 0) is 14.4 Å². The molecule has 1 aliphatic rings. The number of nitrogens with zero attached hydrogens (tertiary/aromatic N) is 1. The lowest BCUT2D eigenvalue weighted by atomic mass is 9.80. The van der Waals surface area contributed by atoms with Crippen molar-refractivity contribution in [3.05, 3.63) is 35.4 Å². The zero-order chi connectivity index (χ0) is 28.5. The van der Waals surface area contributed by atoms with E-state index in [1.807, 2.05) is 0 Å². The summed E-state index contributed by atoms with van der Waals surface area (Å²) in [5.41, 5.74) is 9.63. The molecule has 202 valence electrons. The van der Waals surface area contributed by atoms with Crippen molar-refractivity contribution in [2.75, 3.05) is 6.54 Å². The number of carbonyl (C=O) groups is 5. The Hall–Kier alpha value is -4.31. The van der Waals surface area contributed by atoms with Crippen LogP contribution in [0.3, 0.4) is 0 Å². The number of aliphatic hydroxyl groups is 1. The summed E-state index contributed by atoms with van der Waals surface area (Å²) in [4.78, 5) is 59.1. The third-order valence-corrected chi connectivity index (χ3v) is 5.73. The number of primary amides is 2. The van der Waals surface area contributed by atoms with Crippen molar-refractivity contribution in [1.29, 1.82) is 0 Å². The molecule has 1 aromatic rings. The summed E-state index contributed by atoms with van der Waals surface area (Å²) >= 11 is 0. The van der Waals surface area contributed by atoms with E-state index < -0.39 is 59.6 Å². The van der Waals surface area contributed by atoms with E-state index >= 15 is 0 Å². The van der Waals surface area contributed by atoms with Crippen LogP contribution in [0, 0.1) is 17.8 Å². The number of nitrogens with two attached hydrogens (primary N) is 2. The predicted octanol–water partition coefficient (Wildman–Crippen LogP) is -0.0322. The Morgan fingerprint density at radius 3 is 2.14 bits per heavy atom. The first-order chi connectivity index (χ1) is 17.1. The van der Waals surface area contributed by atoms with Crippen molar-refractivity contribution in [3.8, 4) is 12.3 Å². The second-order valence-electron chi connectivity index (χ2n) is 9.24. The zero-order valence-corrected chi connectivity index (χ0v) is 20.8. The summed E-state index contributed by atoms with van der Waals surface area (Å²) in [6.07, 6.45) is 1.34. The summed E-state index contributed by atoms with van der Waals surface area (Å²) in [6, 6.07) is 4.29. The number of hydrogen-bond donors (Lipinski definition) is 7. The molecule has 4 atom stereocenters. The van der Waals surface area contributed by atoms with Crippen molar-refractivity contribution in [2.24, 2.45) is 16.9 Å². The molecule has 0 aliphatic carbocycles. The van der Waals surface area contributed by atoms with Crippen LogP contribution in [0.4, 0.5) is 9.59 Å². The van der Waals surface area contributed by atoms with Crippen LogP contribution in [-0.4, -0.2) is 74.9 Å². The van der Waals surface area contributed by atoms with Crippen LogP contribution in [0.1, 0.15) is 50.8 Å². The fourth-order valence-electron chi connectivity index (χ4n) is 4.00. The zero-order valence-electron chi connectivity index (χ0n) is 20.8. The van der Waals surface area contributed by atoms with Crippen LogP contribution >= 0.6 is 0 Å². The first kappa shape index (κ1) is 30.7. The summed E-state index contributed by atoms with van der Waals surface area (Å²) in [5, 5.41) is 31.6. The van der Waals surface area contributed by atoms with E-state index in [2.05, 4.69) is 22.3 Å². The highest BCUT2D eigenvalue weighted by Crippen LogP contribution is 2.29. The molecule has 0 saturated carbocycles. The molecule has 2 unspecified atom stereocenters. The van der Waals surface area contributed by atoms with E-state index in [4.69, 9.17) is 22.1 Å². The molecule has 9 N–H and O–H groups in total. The Bertz CT molecular complexity index is 1050. The maximum Gasteiger partial charge on any atom is 0.405 e. The van der Waals surface area contributed by atoms with Gasteiger partial charge in [0.25, 0.3) is 0 Å². The van der Waals surface area contributed by atoms with E-state index in [0.717, 1.165) is 10.5 Å². The van der Waals surface area contributed by atoms with Gasteiger partial charge in [0.2, 0.25) is 17.7 Å². The van der Waals surface area contributed by atoms with Crippen LogP contribution in [0.2, 0.25) is 0 Å². The van der Waals surface area contributed by atoms with Crippen LogP contribution in [0.5, 0.6) is 0 Å². The number of nitrogens with one attached hydrogen (secondary N) is 2. The van der Waals surface area contributed by atoms with E-state index in [1.54, 1.807) is 31.2 Å². The van der Waals surface area contributed by atoms with Crippen molar-refractivity contribution in [3.63, 3.8) is 0 Å². The summed E-state index contributed by atoms with van der Waals surface area (Å²) < 4.78 is 0. The molecule has 2 rings (SSSR count). The Balaban J connectivity index is 0.00000159. The van der Waals surface area contributed by atoms with Crippen LogP contribution in [0.25, 0.3) is 0 Å². The van der Waals surface area contributed by atoms with E-state index in [-0.39, 0.29) is 19.4 Å². The van der Waals surface area contributed by atoms with Crippen molar-refractivity contribution in [1.82, 2.24) is 15.5 Å². The molecule has 1 aliphatic heterocycles. The molecule has 1 saturated heterocycles. The number of rotatable bonds is 8. The SMILES string of the molecule is C#Cc1ccc(C(C)NC(=O)[C@@H]2C[C@@H](O)CN2C(=O)C(NC(=O)O)C(C)(C)CC(N)=O)cc1.NC(=O)O. The average molecular weight is 520 g/mol. The lowest BCUT2D eigenvalue weighted by molar-refractivity contribution is -0.143. The highest BCUT2D eigenvalue weighted by Gasteiger charge is 2.46. The number of likely N-dealkylation sites (tertiary alicyclic amines) is 1. The minimum atomic E-state index is -1.46. The predicted molar refractivity (Wildman–Crippen MR) is 132 cm³/mol. The van der Waals surface area contributed by atoms with Crippen molar-refractivity contribution >= 4 is 29.9 Å². The second-order valence-corrected chi connectivity index (χ2v) is 9.24. The molecule has 37 heavy (non-hydrogen) atoms. The monoisotopic (exact) mass is 519 g/mol. The number of carbonyl (C=O) groups excluding carboxylic acids is 3. The Labute approximate surface area is 214 Å². The maximum atomic E-state index is 13.3. The molecule has 13 heteroatoms. The molecule has 0 spiro atoms. The van der Waals surface area contributed by atoms with Crippen LogP contribution in [0.15, 0.2) is 24.3 Å². The van der Waals surface area contributed by atoms with Crippen LogP contribution < -0.4 is 22.1 Å². The quantitative estimate of drug-likeness (QED) is 0.230. The number of terminal acetylenes is 1. The van der Waals surface area contributed by atoms with Gasteiger partial charge >= 0.3 is 12.2 Å². The third-order valence-electron chi connectivity index (χ3n) is 5.73. The van der Waals surface area contributed by atoms with Gasteiger partial charge in [-0.25, -0.2) is 9.59 Å². The van der Waals surface area contributed by atoms with Gasteiger partial charge in [0.05, 0.1) is 12.1 Å². The maximum absolute atomic E-state index is 13.3. The average Bonchev–Trinajstić information content (AvgIpc) is 3.17. The first-order valence-corrected chi connectivity index (χ1v) is 11.2. The molecule has 1 heterocycles. The fourth-order valence-corrected chi connectivity index (χ4v) is 4.00. The van der Waals surface area contributed by atoms with Crippen molar-refractivity contribution in [2.45, 2.75) is 57.8 Å². The molecule has 1 aromatic carbocycles. The normalized spacial score (nSPS) is 18.3. The van der Waals surface area contributed by atoms with Gasteiger partial charge in [0.1, 0.15) is 12.1 Å². The molecular formula is C24H33N5O8. The topological polar surface area (TPSA) is 225 Å². The number of aliphatic hydroxyl groups excluding tert-OH is 1. The number of amides is 5.